The highest BCUT2D eigenvalue weighted by atomic mass is 16.5. The van der Waals surface area contributed by atoms with Crippen LogP contribution in [0.4, 0.5) is 5.69 Å². The number of nitrogens with zero attached hydrogens (tertiary/aromatic N) is 2. The van der Waals surface area contributed by atoms with Crippen molar-refractivity contribution in [3.63, 3.8) is 0 Å². The van der Waals surface area contributed by atoms with Crippen molar-refractivity contribution in [1.29, 1.82) is 0 Å². The Hall–Kier alpha value is -2.71. The van der Waals surface area contributed by atoms with E-state index in [0.717, 1.165) is 16.8 Å². The second kappa shape index (κ2) is 9.63. The van der Waals surface area contributed by atoms with E-state index >= 15 is 0 Å². The second-order valence-corrected chi connectivity index (χ2v) is 10.8. The molecule has 1 aromatic rings. The molecule has 0 aliphatic carbocycles. The molecule has 2 amide bonds. The average molecular weight is 499 g/mol. The van der Waals surface area contributed by atoms with Crippen LogP contribution in [0.5, 0.6) is 0 Å². The summed E-state index contributed by atoms with van der Waals surface area (Å²) in [6, 6.07) is 4.89. The van der Waals surface area contributed by atoms with Crippen molar-refractivity contribution in [2.75, 3.05) is 24.6 Å². The predicted molar refractivity (Wildman–Crippen MR) is 136 cm³/mol. The van der Waals surface area contributed by atoms with E-state index in [1.165, 1.54) is 0 Å². The summed E-state index contributed by atoms with van der Waals surface area (Å²) in [4.78, 5) is 44.1. The van der Waals surface area contributed by atoms with Gasteiger partial charge in [0, 0.05) is 25.4 Å². The van der Waals surface area contributed by atoms with Gasteiger partial charge in [-0.3, -0.25) is 14.4 Å². The number of amides is 2. The molecule has 3 unspecified atom stereocenters. The molecule has 6 atom stereocenters. The third kappa shape index (κ3) is 3.77. The number of benzene rings is 1. The Labute approximate surface area is 212 Å². The summed E-state index contributed by atoms with van der Waals surface area (Å²) in [5, 5.41) is 19.4. The van der Waals surface area contributed by atoms with Gasteiger partial charge in [-0.15, -0.1) is 6.58 Å². The fourth-order valence-corrected chi connectivity index (χ4v) is 7.00. The maximum absolute atomic E-state index is 14.5. The van der Waals surface area contributed by atoms with E-state index in [1.54, 1.807) is 22.8 Å². The third-order valence-corrected chi connectivity index (χ3v) is 8.66. The highest BCUT2D eigenvalue weighted by Crippen LogP contribution is 2.65. The Balaban J connectivity index is 1.82. The zero-order valence-corrected chi connectivity index (χ0v) is 21.7. The number of hydrogen-bond donors (Lipinski definition) is 2. The number of likely N-dealkylation sites (tertiary alicyclic amines) is 1. The Kier molecular flexibility index (Phi) is 7.05. The lowest BCUT2D eigenvalue weighted by Crippen LogP contribution is -2.57. The maximum Gasteiger partial charge on any atom is 0.310 e. The quantitative estimate of drug-likeness (QED) is 0.379. The number of aliphatic hydroxyl groups is 1. The fourth-order valence-electron chi connectivity index (χ4n) is 7.00. The lowest BCUT2D eigenvalue weighted by atomic mass is 9.62. The van der Waals surface area contributed by atoms with Crippen LogP contribution in [-0.2, 0) is 19.1 Å². The monoisotopic (exact) mass is 498 g/mol. The second-order valence-electron chi connectivity index (χ2n) is 10.8. The molecule has 36 heavy (non-hydrogen) atoms. The number of carbonyl (C=O) groups excluding carboxylic acids is 2. The maximum atomic E-state index is 14.5. The molecule has 1 spiro atoms. The number of fused-ring (bicyclic) bond motifs is 1. The van der Waals surface area contributed by atoms with Crippen molar-refractivity contribution in [2.24, 2.45) is 17.8 Å². The smallest absolute Gasteiger partial charge is 0.310 e. The summed E-state index contributed by atoms with van der Waals surface area (Å²) < 4.78 is 6.59. The molecule has 3 aliphatic rings. The predicted octanol–water partition coefficient (Wildman–Crippen LogP) is 3.08. The van der Waals surface area contributed by atoms with E-state index in [0.29, 0.717) is 32.2 Å². The first-order valence-corrected chi connectivity index (χ1v) is 12.9. The number of carboxylic acids is 1. The number of unbranched alkanes of at least 4 members (excludes halogenated alkanes) is 2. The number of aryl methyl sites for hydroxylation is 2. The SMILES string of the molecule is C=CCN(C(=O)C1N(CCCCCO)C(=O)[C@@H]2[C@@H](C(=O)O)[C@]3(C)OC12CC3C)c1c(C)cccc1C. The number of hydrogen-bond acceptors (Lipinski definition) is 5. The van der Waals surface area contributed by atoms with E-state index in [2.05, 4.69) is 6.58 Å². The average Bonchev–Trinajstić information content (AvgIpc) is 3.32. The molecule has 3 fully saturated rings. The molecule has 0 aromatic heterocycles. The number of aliphatic carboxylic acids is 1. The molecule has 196 valence electrons. The number of anilines is 1. The van der Waals surface area contributed by atoms with E-state index in [4.69, 9.17) is 4.74 Å². The molecule has 4 rings (SSSR count). The van der Waals surface area contributed by atoms with Crippen LogP contribution in [0.3, 0.4) is 0 Å². The molecular formula is C28H38N2O6. The van der Waals surface area contributed by atoms with Crippen molar-refractivity contribution in [3.8, 4) is 0 Å². The first-order valence-electron chi connectivity index (χ1n) is 12.9. The first-order chi connectivity index (χ1) is 17.0. The van der Waals surface area contributed by atoms with Gasteiger partial charge in [0.05, 0.1) is 11.5 Å². The third-order valence-electron chi connectivity index (χ3n) is 8.66. The summed E-state index contributed by atoms with van der Waals surface area (Å²) in [7, 11) is 0. The highest BCUT2D eigenvalue weighted by molar-refractivity contribution is 6.05. The fraction of sp³-hybridized carbons (Fsp3) is 0.607. The zero-order chi connectivity index (χ0) is 26.4. The molecule has 8 nitrogen and oxygen atoms in total. The van der Waals surface area contributed by atoms with Gasteiger partial charge in [0.15, 0.2) is 0 Å². The molecule has 3 aliphatic heterocycles. The molecule has 0 saturated carbocycles. The number of carboxylic acid groups (broad SMARTS) is 1. The zero-order valence-electron chi connectivity index (χ0n) is 21.7. The van der Waals surface area contributed by atoms with Gasteiger partial charge in [-0.2, -0.15) is 0 Å². The molecule has 8 heteroatoms. The van der Waals surface area contributed by atoms with Crippen LogP contribution in [0.2, 0.25) is 0 Å². The van der Waals surface area contributed by atoms with Crippen molar-refractivity contribution in [3.05, 3.63) is 42.0 Å². The Morgan fingerprint density at radius 1 is 1.25 bits per heavy atom. The molecule has 0 radical (unpaired) electrons. The normalized spacial score (nSPS) is 32.6. The standard InChI is InChI=1S/C28H38N2O6/c1-6-13-29(22-17(2)11-10-12-18(22)3)25(33)23-28-16-19(4)27(5,36-28)21(26(34)35)20(28)24(32)30(23)14-8-7-9-15-31/h6,10-12,19-21,23,31H,1,7-9,13-16H2,2-5H3,(H,34,35)/t19?,20-,21-,23?,27+,28?/m0/s1. The van der Waals surface area contributed by atoms with Crippen molar-refractivity contribution in [2.45, 2.75) is 70.6 Å². The van der Waals surface area contributed by atoms with E-state index in [9.17, 15) is 24.6 Å². The van der Waals surface area contributed by atoms with Crippen molar-refractivity contribution in [1.82, 2.24) is 4.90 Å². The van der Waals surface area contributed by atoms with Gasteiger partial charge >= 0.3 is 5.97 Å². The topological polar surface area (TPSA) is 107 Å². The van der Waals surface area contributed by atoms with Crippen LogP contribution >= 0.6 is 0 Å². The van der Waals surface area contributed by atoms with Crippen LogP contribution in [0.25, 0.3) is 0 Å². The largest absolute Gasteiger partial charge is 0.481 e. The minimum atomic E-state index is -1.20. The Morgan fingerprint density at radius 3 is 2.50 bits per heavy atom. The summed E-state index contributed by atoms with van der Waals surface area (Å²) >= 11 is 0. The molecule has 1 aromatic carbocycles. The van der Waals surface area contributed by atoms with Crippen LogP contribution in [0.15, 0.2) is 30.9 Å². The van der Waals surface area contributed by atoms with Crippen LogP contribution in [-0.4, -0.2) is 69.8 Å². The molecule has 3 heterocycles. The van der Waals surface area contributed by atoms with Crippen molar-refractivity contribution < 1.29 is 29.3 Å². The highest BCUT2D eigenvalue weighted by Gasteiger charge is 2.80. The summed E-state index contributed by atoms with van der Waals surface area (Å²) in [5.74, 6) is -3.70. The molecular weight excluding hydrogens is 460 g/mol. The number of rotatable bonds is 10. The summed E-state index contributed by atoms with van der Waals surface area (Å²) in [5.41, 5.74) is 0.418. The molecule has 2 bridgehead atoms. The lowest BCUT2D eigenvalue weighted by Gasteiger charge is -2.38. The van der Waals surface area contributed by atoms with Crippen molar-refractivity contribution >= 4 is 23.5 Å². The molecule has 2 N–H and O–H groups in total. The number of ether oxygens (including phenoxy) is 1. The Morgan fingerprint density at radius 2 is 1.92 bits per heavy atom. The van der Waals surface area contributed by atoms with Gasteiger partial charge in [0.25, 0.3) is 5.91 Å². The van der Waals surface area contributed by atoms with E-state index < -0.39 is 35.0 Å². The van der Waals surface area contributed by atoms with Gasteiger partial charge in [0.2, 0.25) is 5.91 Å². The van der Waals surface area contributed by atoms with Crippen LogP contribution < -0.4 is 4.90 Å². The van der Waals surface area contributed by atoms with Gasteiger partial charge in [0.1, 0.15) is 17.6 Å². The summed E-state index contributed by atoms with van der Waals surface area (Å²) in [6.45, 7) is 12.1. The van der Waals surface area contributed by atoms with E-state index in [-0.39, 0.29) is 30.9 Å². The van der Waals surface area contributed by atoms with Crippen LogP contribution in [0.1, 0.15) is 50.7 Å². The molecule has 3 saturated heterocycles. The number of aliphatic hydroxyl groups excluding tert-OH is 1. The van der Waals surface area contributed by atoms with Gasteiger partial charge in [-0.25, -0.2) is 0 Å². The van der Waals surface area contributed by atoms with Crippen LogP contribution in [0, 0.1) is 31.6 Å². The summed E-state index contributed by atoms with van der Waals surface area (Å²) in [6.07, 6.45) is 4.02. The van der Waals surface area contributed by atoms with Gasteiger partial charge in [-0.05, 0) is 63.5 Å². The minimum Gasteiger partial charge on any atom is -0.481 e. The number of para-hydroxylation sites is 1. The number of carbonyl (C=O) groups is 3. The lowest BCUT2D eigenvalue weighted by molar-refractivity contribution is -0.156. The van der Waals surface area contributed by atoms with Gasteiger partial charge < -0.3 is 24.7 Å². The first kappa shape index (κ1) is 26.4. The van der Waals surface area contributed by atoms with Gasteiger partial charge in [-0.1, -0.05) is 31.2 Å². The van der Waals surface area contributed by atoms with E-state index in [1.807, 2.05) is 39.0 Å². The minimum absolute atomic E-state index is 0.0581. The Bertz CT molecular complexity index is 1050.